The fourth-order valence-corrected chi connectivity index (χ4v) is 4.70. The number of nitrogens with one attached hydrogen (secondary N) is 1. The molecule has 1 amide bonds. The zero-order valence-electron chi connectivity index (χ0n) is 12.0. The van der Waals surface area contributed by atoms with Crippen LogP contribution in [0.2, 0.25) is 0 Å². The molecule has 116 valence electrons. The molecule has 7 heteroatoms. The van der Waals surface area contributed by atoms with Crippen molar-refractivity contribution in [2.75, 3.05) is 18.6 Å². The van der Waals surface area contributed by atoms with Gasteiger partial charge in [-0.05, 0) is 26.2 Å². The van der Waals surface area contributed by atoms with Crippen LogP contribution in [0.25, 0.3) is 0 Å². The molecule has 0 aromatic heterocycles. The molecule has 0 bridgehead atoms. The van der Waals surface area contributed by atoms with E-state index in [2.05, 4.69) is 5.32 Å². The summed E-state index contributed by atoms with van der Waals surface area (Å²) in [5.74, 6) is -0.177. The molecule has 20 heavy (non-hydrogen) atoms. The Hall–Kier alpha value is -0.660. The van der Waals surface area contributed by atoms with Crippen molar-refractivity contribution in [3.8, 4) is 0 Å². The van der Waals surface area contributed by atoms with E-state index in [1.807, 2.05) is 6.92 Å². The van der Waals surface area contributed by atoms with Gasteiger partial charge in [0.05, 0.1) is 35.9 Å². The summed E-state index contributed by atoms with van der Waals surface area (Å²) in [5, 5.41) is 2.77. The lowest BCUT2D eigenvalue weighted by Gasteiger charge is -2.18. The van der Waals surface area contributed by atoms with Crippen LogP contribution in [-0.4, -0.2) is 57.3 Å². The second kappa shape index (κ2) is 6.41. The molecule has 2 saturated heterocycles. The Kier molecular flexibility index (Phi) is 5.04. The normalized spacial score (nSPS) is 36.1. The molecule has 6 nitrogen and oxygen atoms in total. The Morgan fingerprint density at radius 1 is 1.35 bits per heavy atom. The van der Waals surface area contributed by atoms with Gasteiger partial charge in [0, 0.05) is 13.5 Å². The van der Waals surface area contributed by atoms with Crippen LogP contribution in [0.4, 0.5) is 0 Å². The van der Waals surface area contributed by atoms with Crippen LogP contribution in [0.5, 0.6) is 0 Å². The molecule has 0 aromatic carbocycles. The summed E-state index contributed by atoms with van der Waals surface area (Å²) >= 11 is 0. The molecule has 0 aromatic rings. The number of hydrogen-bond donors (Lipinski definition) is 1. The number of rotatable bonds is 5. The number of methoxy groups -OCH3 is 1. The Morgan fingerprint density at radius 3 is 2.70 bits per heavy atom. The molecule has 0 saturated carbocycles. The van der Waals surface area contributed by atoms with E-state index < -0.39 is 22.0 Å². The lowest BCUT2D eigenvalue weighted by molar-refractivity contribution is -0.123. The Bertz CT molecular complexity index is 450. The predicted octanol–water partition coefficient (Wildman–Crippen LogP) is 0.262. The molecule has 0 radical (unpaired) electrons. The van der Waals surface area contributed by atoms with Crippen LogP contribution in [-0.2, 0) is 24.1 Å². The summed E-state index contributed by atoms with van der Waals surface area (Å²) in [4.78, 5) is 11.9. The summed E-state index contributed by atoms with van der Waals surface area (Å²) in [6, 6.07) is -0.430. The van der Waals surface area contributed by atoms with Gasteiger partial charge in [0.15, 0.2) is 9.84 Å². The summed E-state index contributed by atoms with van der Waals surface area (Å²) in [6.07, 6.45) is 3.08. The van der Waals surface area contributed by atoms with Gasteiger partial charge in [-0.1, -0.05) is 0 Å². The SMILES string of the molecule is COC1CS(=O)(=O)CC1NC(=O)CCC1CCC(C)O1. The Balaban J connectivity index is 1.76. The third-order valence-corrected chi connectivity index (χ3v) is 5.67. The minimum atomic E-state index is -3.10. The third kappa shape index (κ3) is 4.17. The van der Waals surface area contributed by atoms with Crippen LogP contribution in [0.1, 0.15) is 32.6 Å². The number of amides is 1. The van der Waals surface area contributed by atoms with Crippen molar-refractivity contribution >= 4 is 15.7 Å². The number of sulfone groups is 1. The monoisotopic (exact) mass is 305 g/mol. The number of hydrogen-bond acceptors (Lipinski definition) is 5. The van der Waals surface area contributed by atoms with Gasteiger partial charge >= 0.3 is 0 Å². The lowest BCUT2D eigenvalue weighted by Crippen LogP contribution is -2.43. The van der Waals surface area contributed by atoms with E-state index in [-0.39, 0.29) is 29.6 Å². The first kappa shape index (κ1) is 15.7. The van der Waals surface area contributed by atoms with Crippen LogP contribution in [0.3, 0.4) is 0 Å². The highest BCUT2D eigenvalue weighted by Crippen LogP contribution is 2.22. The zero-order chi connectivity index (χ0) is 14.8. The van der Waals surface area contributed by atoms with Crippen molar-refractivity contribution in [1.82, 2.24) is 5.32 Å². The maximum absolute atomic E-state index is 11.9. The highest BCUT2D eigenvalue weighted by atomic mass is 32.2. The van der Waals surface area contributed by atoms with Crippen molar-refractivity contribution < 1.29 is 22.7 Å². The number of carbonyl (C=O) groups excluding carboxylic acids is 1. The second-order valence-electron chi connectivity index (χ2n) is 5.71. The summed E-state index contributed by atoms with van der Waals surface area (Å²) in [7, 11) is -1.63. The Labute approximate surface area is 120 Å². The standard InChI is InChI=1S/C13H23NO5S/c1-9-3-4-10(19-9)5-6-13(15)14-11-7-20(16,17)8-12(11)18-2/h9-12H,3-8H2,1-2H3,(H,14,15). The molecule has 2 fully saturated rings. The Morgan fingerprint density at radius 2 is 2.10 bits per heavy atom. The average molecular weight is 305 g/mol. The molecule has 2 rings (SSSR count). The number of ether oxygens (including phenoxy) is 2. The molecule has 0 spiro atoms. The van der Waals surface area contributed by atoms with Gasteiger partial charge in [0.25, 0.3) is 0 Å². The highest BCUT2D eigenvalue weighted by Gasteiger charge is 2.38. The topological polar surface area (TPSA) is 81.7 Å². The van der Waals surface area contributed by atoms with Gasteiger partial charge in [0.1, 0.15) is 0 Å². The number of carbonyl (C=O) groups is 1. The third-order valence-electron chi connectivity index (χ3n) is 3.96. The highest BCUT2D eigenvalue weighted by molar-refractivity contribution is 7.91. The maximum atomic E-state index is 11.9. The first-order valence-electron chi connectivity index (χ1n) is 7.07. The summed E-state index contributed by atoms with van der Waals surface area (Å²) < 4.78 is 33.9. The van der Waals surface area contributed by atoms with E-state index in [1.165, 1.54) is 7.11 Å². The van der Waals surface area contributed by atoms with Gasteiger partial charge in [-0.25, -0.2) is 8.42 Å². The van der Waals surface area contributed by atoms with Crippen LogP contribution in [0, 0.1) is 0 Å². The van der Waals surface area contributed by atoms with Crippen molar-refractivity contribution in [3.05, 3.63) is 0 Å². The van der Waals surface area contributed by atoms with Gasteiger partial charge in [0.2, 0.25) is 5.91 Å². The zero-order valence-corrected chi connectivity index (χ0v) is 12.8. The fraction of sp³-hybridized carbons (Fsp3) is 0.923. The summed E-state index contributed by atoms with van der Waals surface area (Å²) in [6.45, 7) is 2.03. The smallest absolute Gasteiger partial charge is 0.220 e. The van der Waals surface area contributed by atoms with Gasteiger partial charge in [-0.2, -0.15) is 0 Å². The van der Waals surface area contributed by atoms with Crippen molar-refractivity contribution in [3.63, 3.8) is 0 Å². The molecule has 4 unspecified atom stereocenters. The van der Waals surface area contributed by atoms with E-state index in [1.54, 1.807) is 0 Å². The second-order valence-corrected chi connectivity index (χ2v) is 7.86. The van der Waals surface area contributed by atoms with E-state index >= 15 is 0 Å². The molecule has 4 atom stereocenters. The van der Waals surface area contributed by atoms with E-state index in [0.717, 1.165) is 12.8 Å². The van der Waals surface area contributed by atoms with Crippen LogP contribution >= 0.6 is 0 Å². The first-order valence-corrected chi connectivity index (χ1v) is 8.90. The lowest BCUT2D eigenvalue weighted by atomic mass is 10.1. The molecule has 2 aliphatic heterocycles. The van der Waals surface area contributed by atoms with Crippen molar-refractivity contribution in [2.45, 2.75) is 57.0 Å². The quantitative estimate of drug-likeness (QED) is 0.788. The molecular weight excluding hydrogens is 282 g/mol. The van der Waals surface area contributed by atoms with Crippen LogP contribution in [0.15, 0.2) is 0 Å². The minimum Gasteiger partial charge on any atom is -0.378 e. The van der Waals surface area contributed by atoms with Gasteiger partial charge < -0.3 is 14.8 Å². The minimum absolute atomic E-state index is 0.0162. The van der Waals surface area contributed by atoms with Gasteiger partial charge in [-0.3, -0.25) is 4.79 Å². The van der Waals surface area contributed by atoms with E-state index in [4.69, 9.17) is 9.47 Å². The predicted molar refractivity (Wildman–Crippen MR) is 74.2 cm³/mol. The molecule has 0 aliphatic carbocycles. The molecule has 1 N–H and O–H groups in total. The summed E-state index contributed by atoms with van der Waals surface area (Å²) in [5.41, 5.74) is 0. The van der Waals surface area contributed by atoms with Crippen LogP contribution < -0.4 is 5.32 Å². The molecule has 2 aliphatic rings. The van der Waals surface area contributed by atoms with Crippen molar-refractivity contribution in [1.29, 1.82) is 0 Å². The van der Waals surface area contributed by atoms with Crippen molar-refractivity contribution in [2.24, 2.45) is 0 Å². The maximum Gasteiger partial charge on any atom is 0.220 e. The van der Waals surface area contributed by atoms with Gasteiger partial charge in [-0.15, -0.1) is 0 Å². The molecule has 2 heterocycles. The van der Waals surface area contributed by atoms with E-state index in [9.17, 15) is 13.2 Å². The average Bonchev–Trinajstić information content (AvgIpc) is 2.90. The van der Waals surface area contributed by atoms with E-state index in [0.29, 0.717) is 12.8 Å². The molecular formula is C13H23NO5S. The fourth-order valence-electron chi connectivity index (χ4n) is 2.85. The first-order chi connectivity index (χ1) is 9.39. The largest absolute Gasteiger partial charge is 0.378 e.